The Balaban J connectivity index is 1.37. The number of carbonyl (C=O) groups excluding carboxylic acids is 1. The first kappa shape index (κ1) is 48.0. The van der Waals surface area contributed by atoms with Gasteiger partial charge in [-0.3, -0.25) is 9.69 Å². The average Bonchev–Trinajstić information content (AvgIpc) is 3.64. The van der Waals surface area contributed by atoms with Crippen LogP contribution in [0.1, 0.15) is 74.7 Å². The molecule has 6 rings (SSSR count). The van der Waals surface area contributed by atoms with Crippen molar-refractivity contribution in [1.29, 1.82) is 0 Å². The molecule has 1 unspecified atom stereocenters. The lowest BCUT2D eigenvalue weighted by molar-refractivity contribution is -0.313. The number of fused-ring (bicyclic) bond motifs is 3. The Kier molecular flexibility index (Phi) is 15.5. The van der Waals surface area contributed by atoms with Crippen LogP contribution in [0.5, 0.6) is 5.75 Å². The van der Waals surface area contributed by atoms with Crippen LogP contribution in [0, 0.1) is 23.7 Å². The monoisotopic (exact) mass is 858 g/mol. The Hall–Kier alpha value is -2.47. The zero-order chi connectivity index (χ0) is 44.6. The standard InChI is InChI=1S/C47H75N3O11/c1-26-21-47(8,55-12)43(61-45-40(52)36(49(9)10)19-27(2)57-45)28(3)41(60-38-22-46(7,54-11)42(48)31(6)58-38)29(4)44(53)59-37-24-50(30(5)39(26)51)23-34(37)25-56-35-18-17-32-15-13-14-16-33(32)20-35/h13-18,20,26-31,34,36-43,45,51-52H,19,21-25,48H2,1-12H3/t26-,27-,28+,29-,30+,31+,34+,36+,37-,38+,39+,40-,41+,42-,43-,45+,46-,47+/m1/s1. The number of nitrogens with zero attached hydrogens (tertiary/aromatic N) is 2. The van der Waals surface area contributed by atoms with Gasteiger partial charge in [0, 0.05) is 57.6 Å². The minimum atomic E-state index is -1.07. The molecule has 14 nitrogen and oxygen atoms in total. The van der Waals surface area contributed by atoms with Gasteiger partial charge in [0.25, 0.3) is 0 Å². The predicted molar refractivity (Wildman–Crippen MR) is 232 cm³/mol. The molecule has 4 aliphatic heterocycles. The number of rotatable bonds is 10. The van der Waals surface area contributed by atoms with Crippen LogP contribution in [0.25, 0.3) is 10.8 Å². The molecule has 4 heterocycles. The molecule has 0 aromatic heterocycles. The molecule has 0 amide bonds. The molecule has 0 aliphatic carbocycles. The maximum absolute atomic E-state index is 14.7. The lowest BCUT2D eigenvalue weighted by Crippen LogP contribution is -2.62. The SMILES string of the molecule is CO[C@]1(C)C[C@H](O[C@H]2[C@H](C)[C@@H](O[C@@H]3O[C@H](C)C[C@H](N(C)C)[C@H]3O)[C@@](C)(OC)C[C@@H](C)[C@H](O)[C@H](C)N3C[C@@H](COc4ccc5ccccc5c4)[C@@H](C3)OC(=O)[C@@H]2C)O[C@@H](C)[C@H]1N. The summed E-state index contributed by atoms with van der Waals surface area (Å²) in [4.78, 5) is 18.9. The summed E-state index contributed by atoms with van der Waals surface area (Å²) in [5.41, 5.74) is 4.76. The molecule has 4 fully saturated rings. The summed E-state index contributed by atoms with van der Waals surface area (Å²) in [6.07, 6.45) is -5.09. The summed E-state index contributed by atoms with van der Waals surface area (Å²) in [6.45, 7) is 16.9. The third-order valence-electron chi connectivity index (χ3n) is 14.7. The molecule has 2 bridgehead atoms. The molecular formula is C47H75N3O11. The molecule has 4 N–H and O–H groups in total. The number of nitrogens with two attached hydrogens (primary N) is 1. The highest BCUT2D eigenvalue weighted by molar-refractivity contribution is 5.83. The molecule has 4 saturated heterocycles. The fourth-order valence-corrected chi connectivity index (χ4v) is 10.4. The zero-order valence-electron chi connectivity index (χ0n) is 38.6. The van der Waals surface area contributed by atoms with Crippen LogP contribution in [0.4, 0.5) is 0 Å². The van der Waals surface area contributed by atoms with E-state index >= 15 is 0 Å². The minimum absolute atomic E-state index is 0.183. The van der Waals surface area contributed by atoms with Crippen LogP contribution in [0.2, 0.25) is 0 Å². The molecule has 14 heteroatoms. The summed E-state index contributed by atoms with van der Waals surface area (Å²) in [7, 11) is 7.13. The first-order chi connectivity index (χ1) is 28.8. The molecule has 2 aromatic rings. The van der Waals surface area contributed by atoms with E-state index in [0.717, 1.165) is 16.5 Å². The molecular weight excluding hydrogens is 783 g/mol. The van der Waals surface area contributed by atoms with Crippen LogP contribution in [-0.2, 0) is 38.0 Å². The quantitative estimate of drug-likeness (QED) is 0.285. The molecule has 61 heavy (non-hydrogen) atoms. The molecule has 0 radical (unpaired) electrons. The Morgan fingerprint density at radius 1 is 0.885 bits per heavy atom. The molecule has 0 saturated carbocycles. The van der Waals surface area contributed by atoms with E-state index < -0.39 is 84.3 Å². The van der Waals surface area contributed by atoms with E-state index in [1.54, 1.807) is 14.2 Å². The Labute approximate surface area is 363 Å². The highest BCUT2D eigenvalue weighted by Gasteiger charge is 2.53. The van der Waals surface area contributed by atoms with Gasteiger partial charge >= 0.3 is 5.97 Å². The summed E-state index contributed by atoms with van der Waals surface area (Å²) in [6, 6.07) is 13.2. The van der Waals surface area contributed by atoms with Crippen molar-refractivity contribution in [3.63, 3.8) is 0 Å². The number of aliphatic hydroxyl groups excluding tert-OH is 2. The van der Waals surface area contributed by atoms with Crippen molar-refractivity contribution >= 4 is 16.7 Å². The number of hydrogen-bond donors (Lipinski definition) is 3. The summed E-state index contributed by atoms with van der Waals surface area (Å²) < 4.78 is 52.1. The van der Waals surface area contributed by atoms with Crippen molar-refractivity contribution in [3.8, 4) is 5.75 Å². The zero-order valence-corrected chi connectivity index (χ0v) is 38.6. The molecule has 4 aliphatic rings. The molecule has 19 atom stereocenters. The fourth-order valence-electron chi connectivity index (χ4n) is 10.4. The average molecular weight is 858 g/mol. The number of methoxy groups -OCH3 is 2. The van der Waals surface area contributed by atoms with E-state index in [1.807, 2.05) is 105 Å². The number of likely N-dealkylation sites (N-methyl/N-ethyl adjacent to an activating group) is 1. The largest absolute Gasteiger partial charge is 0.493 e. The smallest absolute Gasteiger partial charge is 0.311 e. The number of benzene rings is 2. The first-order valence-electron chi connectivity index (χ1n) is 22.4. The minimum Gasteiger partial charge on any atom is -0.493 e. The molecule has 344 valence electrons. The van der Waals surface area contributed by atoms with E-state index in [9.17, 15) is 15.0 Å². The van der Waals surface area contributed by atoms with E-state index in [1.165, 1.54) is 0 Å². The summed E-state index contributed by atoms with van der Waals surface area (Å²) in [5.74, 6) is -1.57. The van der Waals surface area contributed by atoms with Crippen molar-refractivity contribution in [3.05, 3.63) is 42.5 Å². The topological polar surface area (TPSA) is 164 Å². The van der Waals surface area contributed by atoms with Crippen molar-refractivity contribution in [1.82, 2.24) is 9.80 Å². The van der Waals surface area contributed by atoms with Crippen molar-refractivity contribution < 1.29 is 52.9 Å². The van der Waals surface area contributed by atoms with Crippen molar-refractivity contribution in [2.75, 3.05) is 48.0 Å². The summed E-state index contributed by atoms with van der Waals surface area (Å²) in [5, 5.41) is 26.1. The number of aliphatic hydroxyl groups is 2. The fraction of sp³-hybridized carbons (Fsp3) is 0.766. The lowest BCUT2D eigenvalue weighted by Gasteiger charge is -2.50. The molecule has 0 spiro atoms. The Morgan fingerprint density at radius 3 is 2.25 bits per heavy atom. The number of carbonyl (C=O) groups is 1. The van der Waals surface area contributed by atoms with Crippen LogP contribution >= 0.6 is 0 Å². The normalized spacial score (nSPS) is 44.1. The van der Waals surface area contributed by atoms with E-state index in [-0.39, 0.29) is 30.0 Å². The second-order valence-electron chi connectivity index (χ2n) is 19.3. The third-order valence-corrected chi connectivity index (χ3v) is 14.7. The van der Waals surface area contributed by atoms with E-state index in [0.29, 0.717) is 39.0 Å². The maximum atomic E-state index is 14.7. The van der Waals surface area contributed by atoms with Gasteiger partial charge in [-0.2, -0.15) is 0 Å². The highest BCUT2D eigenvalue weighted by atomic mass is 16.7. The van der Waals surface area contributed by atoms with Gasteiger partial charge in [0.2, 0.25) is 0 Å². The van der Waals surface area contributed by atoms with Crippen LogP contribution in [-0.4, -0.2) is 159 Å². The Bertz CT molecular complexity index is 1750. The van der Waals surface area contributed by atoms with Crippen molar-refractivity contribution in [2.45, 2.75) is 159 Å². The predicted octanol–water partition coefficient (Wildman–Crippen LogP) is 4.59. The molecule has 2 aromatic carbocycles. The van der Waals surface area contributed by atoms with Crippen LogP contribution < -0.4 is 10.5 Å². The highest BCUT2D eigenvalue weighted by Crippen LogP contribution is 2.42. The maximum Gasteiger partial charge on any atom is 0.311 e. The number of ether oxygens (including phenoxy) is 8. The van der Waals surface area contributed by atoms with E-state index in [4.69, 9.17) is 43.6 Å². The second kappa shape index (κ2) is 19.7. The van der Waals surface area contributed by atoms with Crippen LogP contribution in [0.3, 0.4) is 0 Å². The van der Waals surface area contributed by atoms with Gasteiger partial charge in [0.05, 0.1) is 60.3 Å². The Morgan fingerprint density at radius 2 is 1.57 bits per heavy atom. The van der Waals surface area contributed by atoms with Crippen molar-refractivity contribution in [2.24, 2.45) is 29.4 Å². The van der Waals surface area contributed by atoms with Gasteiger partial charge in [-0.05, 0) is 97.3 Å². The first-order valence-corrected chi connectivity index (χ1v) is 22.4. The number of esters is 1. The van der Waals surface area contributed by atoms with Gasteiger partial charge in [0.15, 0.2) is 12.6 Å². The number of hydrogen-bond acceptors (Lipinski definition) is 14. The van der Waals surface area contributed by atoms with Gasteiger partial charge in [-0.25, -0.2) is 0 Å². The van der Waals surface area contributed by atoms with Gasteiger partial charge in [-0.1, -0.05) is 44.2 Å². The van der Waals surface area contributed by atoms with Crippen LogP contribution in [0.15, 0.2) is 42.5 Å². The van der Waals surface area contributed by atoms with Gasteiger partial charge < -0.3 is 58.7 Å². The second-order valence-corrected chi connectivity index (χ2v) is 19.3. The lowest BCUT2D eigenvalue weighted by atomic mass is 9.76. The summed E-state index contributed by atoms with van der Waals surface area (Å²) >= 11 is 0. The van der Waals surface area contributed by atoms with Gasteiger partial charge in [-0.15, -0.1) is 0 Å². The third kappa shape index (κ3) is 10.4. The van der Waals surface area contributed by atoms with Gasteiger partial charge in [0.1, 0.15) is 18.0 Å². The van der Waals surface area contributed by atoms with E-state index in [2.05, 4.69) is 17.0 Å².